The zero-order valence-corrected chi connectivity index (χ0v) is 17.1. The van der Waals surface area contributed by atoms with Gasteiger partial charge in [-0.15, -0.1) is 0 Å². The number of nitrogens with one attached hydrogen (secondary N) is 1. The number of piperazine rings is 1. The van der Waals surface area contributed by atoms with E-state index in [-0.39, 0.29) is 17.7 Å². The highest BCUT2D eigenvalue weighted by atomic mass is 35.5. The van der Waals surface area contributed by atoms with Gasteiger partial charge in [0, 0.05) is 54.9 Å². The third kappa shape index (κ3) is 5.33. The van der Waals surface area contributed by atoms with Crippen molar-refractivity contribution in [3.63, 3.8) is 0 Å². The SMILES string of the molecule is CC(C)C(=O)Nc1ccc(C(=O)N2CCN(Cc3cccc(Cl)c3)CC2)cc1. The molecule has 1 saturated heterocycles. The van der Waals surface area contributed by atoms with Crippen molar-refractivity contribution in [1.82, 2.24) is 9.80 Å². The maximum Gasteiger partial charge on any atom is 0.253 e. The van der Waals surface area contributed by atoms with Crippen molar-refractivity contribution in [2.45, 2.75) is 20.4 Å². The van der Waals surface area contributed by atoms with Gasteiger partial charge >= 0.3 is 0 Å². The lowest BCUT2D eigenvalue weighted by Gasteiger charge is -2.34. The van der Waals surface area contributed by atoms with Crippen LogP contribution in [0.1, 0.15) is 29.8 Å². The van der Waals surface area contributed by atoms with Crippen molar-refractivity contribution < 1.29 is 9.59 Å². The van der Waals surface area contributed by atoms with E-state index in [0.29, 0.717) is 24.3 Å². The van der Waals surface area contributed by atoms with Crippen LogP contribution in [-0.4, -0.2) is 47.8 Å². The molecule has 0 unspecified atom stereocenters. The molecule has 6 heteroatoms. The zero-order chi connectivity index (χ0) is 20.1. The van der Waals surface area contributed by atoms with Crippen LogP contribution in [-0.2, 0) is 11.3 Å². The van der Waals surface area contributed by atoms with Gasteiger partial charge in [-0.3, -0.25) is 14.5 Å². The Labute approximate surface area is 171 Å². The number of carbonyl (C=O) groups is 2. The van der Waals surface area contributed by atoms with E-state index < -0.39 is 0 Å². The predicted octanol–water partition coefficient (Wildman–Crippen LogP) is 3.89. The van der Waals surface area contributed by atoms with Gasteiger partial charge in [0.05, 0.1) is 0 Å². The number of hydrogen-bond donors (Lipinski definition) is 1. The number of anilines is 1. The van der Waals surface area contributed by atoms with Crippen molar-refractivity contribution in [2.24, 2.45) is 5.92 Å². The number of nitrogens with zero attached hydrogens (tertiary/aromatic N) is 2. The average molecular weight is 400 g/mol. The van der Waals surface area contributed by atoms with Crippen LogP contribution in [0.15, 0.2) is 48.5 Å². The van der Waals surface area contributed by atoms with Crippen molar-refractivity contribution in [3.8, 4) is 0 Å². The second-order valence-corrected chi connectivity index (χ2v) is 7.86. The maximum atomic E-state index is 12.8. The minimum atomic E-state index is -0.0792. The molecular weight excluding hydrogens is 374 g/mol. The number of carbonyl (C=O) groups excluding carboxylic acids is 2. The van der Waals surface area contributed by atoms with Crippen LogP contribution >= 0.6 is 11.6 Å². The van der Waals surface area contributed by atoms with Gasteiger partial charge in [0.15, 0.2) is 0 Å². The van der Waals surface area contributed by atoms with Crippen LogP contribution < -0.4 is 5.32 Å². The molecule has 28 heavy (non-hydrogen) atoms. The Bertz CT molecular complexity index is 828. The Morgan fingerprint density at radius 2 is 1.71 bits per heavy atom. The van der Waals surface area contributed by atoms with Crippen molar-refractivity contribution in [1.29, 1.82) is 0 Å². The highest BCUT2D eigenvalue weighted by molar-refractivity contribution is 6.30. The molecule has 3 rings (SSSR count). The number of rotatable bonds is 5. The molecule has 0 aromatic heterocycles. The van der Waals surface area contributed by atoms with Gasteiger partial charge in [-0.1, -0.05) is 37.6 Å². The summed E-state index contributed by atoms with van der Waals surface area (Å²) in [6.45, 7) is 7.60. The summed E-state index contributed by atoms with van der Waals surface area (Å²) in [5.74, 6) is -0.0800. The fourth-order valence-electron chi connectivity index (χ4n) is 3.17. The highest BCUT2D eigenvalue weighted by Gasteiger charge is 2.22. The van der Waals surface area contributed by atoms with E-state index in [1.54, 1.807) is 24.3 Å². The van der Waals surface area contributed by atoms with E-state index in [0.717, 1.165) is 24.7 Å². The largest absolute Gasteiger partial charge is 0.336 e. The summed E-state index contributed by atoms with van der Waals surface area (Å²) in [4.78, 5) is 28.7. The molecule has 2 aromatic rings. The van der Waals surface area contributed by atoms with Gasteiger partial charge in [-0.05, 0) is 42.0 Å². The van der Waals surface area contributed by atoms with Gasteiger partial charge in [0.2, 0.25) is 5.91 Å². The third-order valence-electron chi connectivity index (χ3n) is 4.88. The topological polar surface area (TPSA) is 52.7 Å². The second-order valence-electron chi connectivity index (χ2n) is 7.42. The first-order valence-corrected chi connectivity index (χ1v) is 9.97. The first-order chi connectivity index (χ1) is 13.4. The fraction of sp³-hybridized carbons (Fsp3) is 0.364. The number of halogens is 1. The number of amides is 2. The van der Waals surface area contributed by atoms with E-state index in [2.05, 4.69) is 16.3 Å². The maximum absolute atomic E-state index is 12.8. The molecule has 2 aromatic carbocycles. The summed E-state index contributed by atoms with van der Waals surface area (Å²) >= 11 is 6.05. The molecule has 0 atom stereocenters. The summed E-state index contributed by atoms with van der Waals surface area (Å²) in [5.41, 5.74) is 2.54. The van der Waals surface area contributed by atoms with Crippen molar-refractivity contribution in [2.75, 3.05) is 31.5 Å². The quantitative estimate of drug-likeness (QED) is 0.829. The Kier molecular flexibility index (Phi) is 6.70. The molecule has 0 bridgehead atoms. The molecule has 1 aliphatic heterocycles. The molecule has 0 spiro atoms. The molecule has 1 N–H and O–H groups in total. The van der Waals surface area contributed by atoms with Crippen LogP contribution in [0.25, 0.3) is 0 Å². The van der Waals surface area contributed by atoms with Crippen LogP contribution in [0.2, 0.25) is 5.02 Å². The van der Waals surface area contributed by atoms with Crippen LogP contribution in [0.3, 0.4) is 0 Å². The lowest BCUT2D eigenvalue weighted by molar-refractivity contribution is -0.118. The normalized spacial score (nSPS) is 14.9. The average Bonchev–Trinajstić information content (AvgIpc) is 2.68. The number of benzene rings is 2. The summed E-state index contributed by atoms with van der Waals surface area (Å²) in [7, 11) is 0. The molecule has 0 saturated carbocycles. The first-order valence-electron chi connectivity index (χ1n) is 9.59. The second kappa shape index (κ2) is 9.22. The molecular formula is C22H26ClN3O2. The van der Waals surface area contributed by atoms with E-state index >= 15 is 0 Å². The van der Waals surface area contributed by atoms with Gasteiger partial charge < -0.3 is 10.2 Å². The lowest BCUT2D eigenvalue weighted by Crippen LogP contribution is -2.48. The van der Waals surface area contributed by atoms with Crippen LogP contribution in [0.4, 0.5) is 5.69 Å². The van der Waals surface area contributed by atoms with E-state index in [4.69, 9.17) is 11.6 Å². The summed E-state index contributed by atoms with van der Waals surface area (Å²) in [5, 5.41) is 3.59. The van der Waals surface area contributed by atoms with E-state index in [9.17, 15) is 9.59 Å². The smallest absolute Gasteiger partial charge is 0.253 e. The fourth-order valence-corrected chi connectivity index (χ4v) is 3.38. The molecule has 5 nitrogen and oxygen atoms in total. The number of hydrogen-bond acceptors (Lipinski definition) is 3. The van der Waals surface area contributed by atoms with Gasteiger partial charge in [-0.25, -0.2) is 0 Å². The van der Waals surface area contributed by atoms with Crippen molar-refractivity contribution >= 4 is 29.1 Å². The standard InChI is InChI=1S/C22H26ClN3O2/c1-16(2)21(27)24-20-8-6-18(7-9-20)22(28)26-12-10-25(11-13-26)15-17-4-3-5-19(23)14-17/h3-9,14,16H,10-13,15H2,1-2H3,(H,24,27). The minimum absolute atomic E-state index is 0.0316. The van der Waals surface area contributed by atoms with E-state index in [1.165, 1.54) is 5.56 Å². The molecule has 1 heterocycles. The molecule has 1 fully saturated rings. The molecule has 148 valence electrons. The van der Waals surface area contributed by atoms with Crippen molar-refractivity contribution in [3.05, 3.63) is 64.7 Å². The Morgan fingerprint density at radius 1 is 1.04 bits per heavy atom. The van der Waals surface area contributed by atoms with Gasteiger partial charge in [-0.2, -0.15) is 0 Å². The summed E-state index contributed by atoms with van der Waals surface area (Å²) in [6, 6.07) is 15.0. The molecule has 0 radical (unpaired) electrons. The highest BCUT2D eigenvalue weighted by Crippen LogP contribution is 2.16. The first kappa shape index (κ1) is 20.4. The van der Waals surface area contributed by atoms with Crippen LogP contribution in [0, 0.1) is 5.92 Å². The third-order valence-corrected chi connectivity index (χ3v) is 5.11. The summed E-state index contributed by atoms with van der Waals surface area (Å²) < 4.78 is 0. The lowest BCUT2D eigenvalue weighted by atomic mass is 10.1. The van der Waals surface area contributed by atoms with E-state index in [1.807, 2.05) is 36.9 Å². The zero-order valence-electron chi connectivity index (χ0n) is 16.3. The monoisotopic (exact) mass is 399 g/mol. The van der Waals surface area contributed by atoms with Crippen LogP contribution in [0.5, 0.6) is 0 Å². The van der Waals surface area contributed by atoms with Gasteiger partial charge in [0.25, 0.3) is 5.91 Å². The van der Waals surface area contributed by atoms with Gasteiger partial charge in [0.1, 0.15) is 0 Å². The Morgan fingerprint density at radius 3 is 2.32 bits per heavy atom. The predicted molar refractivity (Wildman–Crippen MR) is 113 cm³/mol. The molecule has 0 aliphatic carbocycles. The minimum Gasteiger partial charge on any atom is -0.336 e. The molecule has 2 amide bonds. The summed E-state index contributed by atoms with van der Waals surface area (Å²) in [6.07, 6.45) is 0. The Hall–Kier alpha value is -2.37. The Balaban J connectivity index is 1.52. The molecule has 1 aliphatic rings.